The first-order valence-corrected chi connectivity index (χ1v) is 15.0. The van der Waals surface area contributed by atoms with E-state index < -0.39 is 0 Å². The summed E-state index contributed by atoms with van der Waals surface area (Å²) in [6.45, 7) is 8.18. The lowest BCUT2D eigenvalue weighted by Crippen LogP contribution is -2.48. The number of methoxy groups -OCH3 is 3. The minimum atomic E-state index is -0.389. The number of fused-ring (bicyclic) bond motifs is 1. The van der Waals surface area contributed by atoms with Crippen LogP contribution in [0.4, 0.5) is 5.82 Å². The molecular weight excluding hydrogens is 556 g/mol. The number of rotatable bonds is 7. The molecule has 1 saturated heterocycles. The second-order valence-electron chi connectivity index (χ2n) is 11.2. The number of nitrogens with zero attached hydrogens (tertiary/aromatic N) is 4. The Morgan fingerprint density at radius 1 is 1.00 bits per heavy atom. The third-order valence-corrected chi connectivity index (χ3v) is 8.73. The molecule has 0 bridgehead atoms. The third kappa shape index (κ3) is 5.80. The number of thioether (sulfide) groups is 1. The molecule has 1 atom stereocenters. The van der Waals surface area contributed by atoms with E-state index in [1.54, 1.807) is 35.8 Å². The van der Waals surface area contributed by atoms with E-state index in [0.717, 1.165) is 22.5 Å². The molecule has 0 aliphatic carbocycles. The average Bonchev–Trinajstić information content (AvgIpc) is 3.34. The number of anilines is 1. The molecular formula is C31H38N4O6S. The number of benzene rings is 2. The molecule has 2 aliphatic rings. The molecule has 2 aliphatic heterocycles. The Bertz CT molecular complexity index is 1440. The first kappa shape index (κ1) is 29.8. The van der Waals surface area contributed by atoms with Crippen LogP contribution in [0.2, 0.25) is 0 Å². The number of carbonyl (C=O) groups excluding carboxylic acids is 2. The highest BCUT2D eigenvalue weighted by atomic mass is 32.2. The maximum atomic E-state index is 14.0. The molecule has 1 aromatic heterocycles. The van der Waals surface area contributed by atoms with Gasteiger partial charge in [0.25, 0.3) is 0 Å². The van der Waals surface area contributed by atoms with E-state index in [1.165, 1.54) is 11.8 Å². The van der Waals surface area contributed by atoms with Crippen LogP contribution in [-0.4, -0.2) is 86.4 Å². The number of hydrogen-bond donors (Lipinski definition) is 0. The standard InChI is InChI=1S/C31H38N4O6S/c1-31(2,3)29-27-28(23-17-22(39-5)11-12-24(23)40-6)42-19-26(37)34(18-25(36)33-13-15-41-16-14-33)30(27)35(32-29)20-7-9-21(38-4)10-8-20/h7-12,17,28H,13-16,18-19H2,1-6H3/t28-/m1/s1. The topological polar surface area (TPSA) is 95.4 Å². The van der Waals surface area contributed by atoms with Crippen LogP contribution in [0, 0.1) is 0 Å². The molecule has 3 aromatic rings. The molecule has 0 radical (unpaired) electrons. The zero-order chi connectivity index (χ0) is 30.0. The number of morpholine rings is 1. The number of ether oxygens (including phenoxy) is 4. The normalized spacial score (nSPS) is 17.5. The zero-order valence-corrected chi connectivity index (χ0v) is 25.8. The molecule has 5 rings (SSSR count). The van der Waals surface area contributed by atoms with E-state index in [2.05, 4.69) is 20.8 Å². The van der Waals surface area contributed by atoms with Crippen molar-refractivity contribution in [2.45, 2.75) is 31.4 Å². The molecule has 2 amide bonds. The first-order valence-electron chi connectivity index (χ1n) is 13.9. The van der Waals surface area contributed by atoms with Gasteiger partial charge in [0, 0.05) is 29.6 Å². The van der Waals surface area contributed by atoms with Crippen LogP contribution in [0.3, 0.4) is 0 Å². The van der Waals surface area contributed by atoms with Crippen LogP contribution >= 0.6 is 11.8 Å². The Balaban J connectivity index is 1.76. The fraction of sp³-hybridized carbons (Fsp3) is 0.452. The Morgan fingerprint density at radius 3 is 2.29 bits per heavy atom. The maximum absolute atomic E-state index is 14.0. The molecule has 0 saturated carbocycles. The summed E-state index contributed by atoms with van der Waals surface area (Å²) in [5.74, 6) is 2.53. The van der Waals surface area contributed by atoms with Gasteiger partial charge in [0.05, 0.1) is 56.9 Å². The van der Waals surface area contributed by atoms with Crippen LogP contribution in [0.1, 0.15) is 42.8 Å². The summed E-state index contributed by atoms with van der Waals surface area (Å²) in [7, 11) is 4.88. The summed E-state index contributed by atoms with van der Waals surface area (Å²) in [6.07, 6.45) is 0. The van der Waals surface area contributed by atoms with Crippen LogP contribution < -0.4 is 19.1 Å². The van der Waals surface area contributed by atoms with Gasteiger partial charge in [-0.05, 0) is 42.5 Å². The van der Waals surface area contributed by atoms with Gasteiger partial charge in [0.15, 0.2) is 0 Å². The van der Waals surface area contributed by atoms with E-state index >= 15 is 0 Å². The summed E-state index contributed by atoms with van der Waals surface area (Å²) in [5.41, 5.74) is 2.93. The van der Waals surface area contributed by atoms with Crippen molar-refractivity contribution < 1.29 is 28.5 Å². The molecule has 2 aromatic carbocycles. The molecule has 10 nitrogen and oxygen atoms in total. The molecule has 224 valence electrons. The number of amides is 2. The van der Waals surface area contributed by atoms with E-state index in [9.17, 15) is 9.59 Å². The van der Waals surface area contributed by atoms with E-state index in [-0.39, 0.29) is 34.8 Å². The zero-order valence-electron chi connectivity index (χ0n) is 25.0. The molecule has 0 spiro atoms. The van der Waals surface area contributed by atoms with Gasteiger partial charge in [0.2, 0.25) is 11.8 Å². The SMILES string of the molecule is COc1ccc(-n2nc(C(C)(C)C)c3c2N(CC(=O)N2CCOCC2)C(=O)CS[C@@H]3c2cc(OC)ccc2OC)cc1. The minimum absolute atomic E-state index is 0.0974. The highest BCUT2D eigenvalue weighted by molar-refractivity contribution is 8.00. The van der Waals surface area contributed by atoms with Crippen LogP contribution in [-0.2, 0) is 19.7 Å². The predicted molar refractivity (Wildman–Crippen MR) is 162 cm³/mol. The van der Waals surface area contributed by atoms with Gasteiger partial charge in [0.1, 0.15) is 29.6 Å². The largest absolute Gasteiger partial charge is 0.497 e. The van der Waals surface area contributed by atoms with Gasteiger partial charge in [-0.25, -0.2) is 4.68 Å². The van der Waals surface area contributed by atoms with Crippen molar-refractivity contribution in [3.63, 3.8) is 0 Å². The van der Waals surface area contributed by atoms with Gasteiger partial charge < -0.3 is 23.8 Å². The summed E-state index contributed by atoms with van der Waals surface area (Å²) >= 11 is 1.50. The first-order chi connectivity index (χ1) is 20.2. The Labute approximate surface area is 250 Å². The van der Waals surface area contributed by atoms with Crippen molar-refractivity contribution >= 4 is 29.4 Å². The third-order valence-electron chi connectivity index (χ3n) is 7.49. The number of carbonyl (C=O) groups is 2. The van der Waals surface area contributed by atoms with Crippen molar-refractivity contribution in [1.82, 2.24) is 14.7 Å². The van der Waals surface area contributed by atoms with Crippen molar-refractivity contribution in [2.75, 3.05) is 64.8 Å². The van der Waals surface area contributed by atoms with Crippen molar-refractivity contribution in [3.8, 4) is 22.9 Å². The second kappa shape index (κ2) is 12.3. The second-order valence-corrected chi connectivity index (χ2v) is 12.3. The van der Waals surface area contributed by atoms with E-state index in [0.29, 0.717) is 49.4 Å². The molecule has 1 fully saturated rings. The Hall–Kier alpha value is -3.70. The average molecular weight is 595 g/mol. The smallest absolute Gasteiger partial charge is 0.242 e. The fourth-order valence-electron chi connectivity index (χ4n) is 5.31. The molecule has 3 heterocycles. The van der Waals surface area contributed by atoms with Crippen molar-refractivity contribution in [1.29, 1.82) is 0 Å². The van der Waals surface area contributed by atoms with Gasteiger partial charge in [-0.3, -0.25) is 14.5 Å². The lowest BCUT2D eigenvalue weighted by Gasteiger charge is -2.30. The van der Waals surface area contributed by atoms with Crippen molar-refractivity contribution in [2.24, 2.45) is 0 Å². The lowest BCUT2D eigenvalue weighted by molar-refractivity contribution is -0.134. The minimum Gasteiger partial charge on any atom is -0.497 e. The van der Waals surface area contributed by atoms with Crippen molar-refractivity contribution in [3.05, 3.63) is 59.3 Å². The highest BCUT2D eigenvalue weighted by Gasteiger charge is 2.41. The van der Waals surface area contributed by atoms with Crippen LogP contribution in [0.15, 0.2) is 42.5 Å². The molecule has 0 N–H and O–H groups in total. The Morgan fingerprint density at radius 2 is 1.67 bits per heavy atom. The predicted octanol–water partition coefficient (Wildman–Crippen LogP) is 4.22. The molecule has 42 heavy (non-hydrogen) atoms. The molecule has 0 unspecified atom stereocenters. The van der Waals surface area contributed by atoms with E-state index in [4.69, 9.17) is 24.0 Å². The summed E-state index contributed by atoms with van der Waals surface area (Å²) < 4.78 is 24.0. The van der Waals surface area contributed by atoms with Crippen LogP contribution in [0.25, 0.3) is 5.69 Å². The van der Waals surface area contributed by atoms with Crippen LogP contribution in [0.5, 0.6) is 17.2 Å². The number of aromatic nitrogens is 2. The highest BCUT2D eigenvalue weighted by Crippen LogP contribution is 2.51. The monoisotopic (exact) mass is 594 g/mol. The van der Waals surface area contributed by atoms with Gasteiger partial charge in [-0.1, -0.05) is 20.8 Å². The summed E-state index contributed by atoms with van der Waals surface area (Å²) in [5, 5.41) is 4.84. The maximum Gasteiger partial charge on any atom is 0.242 e. The van der Waals surface area contributed by atoms with Gasteiger partial charge >= 0.3 is 0 Å². The summed E-state index contributed by atoms with van der Waals surface area (Å²) in [6, 6.07) is 13.2. The molecule has 11 heteroatoms. The number of hydrogen-bond acceptors (Lipinski definition) is 8. The summed E-state index contributed by atoms with van der Waals surface area (Å²) in [4.78, 5) is 30.9. The van der Waals surface area contributed by atoms with Gasteiger partial charge in [-0.2, -0.15) is 5.10 Å². The van der Waals surface area contributed by atoms with Gasteiger partial charge in [-0.15, -0.1) is 11.8 Å². The fourth-order valence-corrected chi connectivity index (χ4v) is 6.53. The van der Waals surface area contributed by atoms with E-state index in [1.807, 2.05) is 42.5 Å². The Kier molecular flexibility index (Phi) is 8.70. The quantitative estimate of drug-likeness (QED) is 0.401. The lowest BCUT2D eigenvalue weighted by atomic mass is 9.87.